The van der Waals surface area contributed by atoms with Crippen molar-refractivity contribution >= 4 is 23.4 Å². The molecule has 0 saturated carbocycles. The number of amides is 2. The van der Waals surface area contributed by atoms with Gasteiger partial charge in [0.15, 0.2) is 0 Å². The molecule has 2 amide bonds. The van der Waals surface area contributed by atoms with Gasteiger partial charge in [-0.15, -0.1) is 11.6 Å². The van der Waals surface area contributed by atoms with Crippen LogP contribution in [0, 0.1) is 0 Å². The number of hydrogen-bond donors (Lipinski definition) is 1. The molecule has 0 aliphatic carbocycles. The highest BCUT2D eigenvalue weighted by molar-refractivity contribution is 6.17. The Morgan fingerprint density at radius 1 is 1.45 bits per heavy atom. The Labute approximate surface area is 69.7 Å². The first-order valence-electron chi connectivity index (χ1n) is 3.24. The van der Waals surface area contributed by atoms with E-state index in [4.69, 9.17) is 16.8 Å². The van der Waals surface area contributed by atoms with Gasteiger partial charge in [0.2, 0.25) is 0 Å². The molecule has 0 bridgehead atoms. The second-order valence-electron chi connectivity index (χ2n) is 1.87. The van der Waals surface area contributed by atoms with E-state index in [0.29, 0.717) is 0 Å². The van der Waals surface area contributed by atoms with E-state index in [0.717, 1.165) is 5.88 Å². The lowest BCUT2D eigenvalue weighted by molar-refractivity contribution is -0.171. The highest BCUT2D eigenvalue weighted by atomic mass is 35.5. The van der Waals surface area contributed by atoms with E-state index in [2.05, 4.69) is 0 Å². The zero-order valence-electron chi connectivity index (χ0n) is 6.21. The number of rotatable bonds is 0. The molecule has 0 aromatic carbocycles. The molecule has 1 N–H and O–H groups in total. The Hall–Kier alpha value is -0.610. The fraction of sp³-hybridized carbons (Fsp3) is 0.667. The number of nitrogens with zero attached hydrogens (tertiary/aromatic N) is 1. The van der Waals surface area contributed by atoms with Crippen LogP contribution in [0.2, 0.25) is 0 Å². The summed E-state index contributed by atoms with van der Waals surface area (Å²) >= 11 is 5.00. The minimum atomic E-state index is -0.505. The fourth-order valence-corrected chi connectivity index (χ4v) is 0.565. The standard InChI is InChI=1S/C4H5NO3.C2H5Cl/c6-3-1-2-4(7)5(3)8;1-2-3/h8H,1-2H2;2H2,1H3. The van der Waals surface area contributed by atoms with Crippen LogP contribution in [0.5, 0.6) is 0 Å². The smallest absolute Gasteiger partial charge is 0.253 e. The lowest BCUT2D eigenvalue weighted by atomic mass is 10.4. The Bertz CT molecular complexity index is 144. The number of hydrogen-bond acceptors (Lipinski definition) is 3. The molecule has 5 heteroatoms. The topological polar surface area (TPSA) is 57.6 Å². The molecular formula is C6H10ClNO3. The minimum absolute atomic E-state index is 0.148. The molecule has 0 atom stereocenters. The van der Waals surface area contributed by atoms with Gasteiger partial charge < -0.3 is 0 Å². The van der Waals surface area contributed by atoms with Gasteiger partial charge in [0.25, 0.3) is 11.8 Å². The predicted octanol–water partition coefficient (Wildman–Crippen LogP) is 0.770. The van der Waals surface area contributed by atoms with Crippen molar-refractivity contribution in [3.8, 4) is 0 Å². The SMILES string of the molecule is CCCl.O=C1CCC(=O)N1O. The largest absolute Gasteiger partial charge is 0.279 e. The van der Waals surface area contributed by atoms with E-state index in [1.54, 1.807) is 0 Å². The summed E-state index contributed by atoms with van der Waals surface area (Å²) in [6, 6.07) is 0. The summed E-state index contributed by atoms with van der Waals surface area (Å²) in [5, 5.41) is 8.57. The Morgan fingerprint density at radius 3 is 1.82 bits per heavy atom. The first kappa shape index (κ1) is 10.4. The normalized spacial score (nSPS) is 16.5. The highest BCUT2D eigenvalue weighted by Crippen LogP contribution is 2.06. The zero-order chi connectivity index (χ0) is 8.85. The lowest BCUT2D eigenvalue weighted by Gasteiger charge is -1.98. The first-order valence-corrected chi connectivity index (χ1v) is 3.77. The third-order valence-corrected chi connectivity index (χ3v) is 1.03. The molecule has 0 spiro atoms. The van der Waals surface area contributed by atoms with Crippen LogP contribution >= 0.6 is 11.6 Å². The minimum Gasteiger partial charge on any atom is -0.279 e. The van der Waals surface area contributed by atoms with Crippen molar-refractivity contribution in [3.05, 3.63) is 0 Å². The molecule has 4 nitrogen and oxygen atoms in total. The number of imide groups is 1. The molecular weight excluding hydrogens is 170 g/mol. The van der Waals surface area contributed by atoms with Crippen LogP contribution in [0.15, 0.2) is 0 Å². The molecule has 1 aliphatic rings. The molecule has 11 heavy (non-hydrogen) atoms. The molecule has 1 heterocycles. The van der Waals surface area contributed by atoms with Crippen LogP contribution in [-0.2, 0) is 9.59 Å². The van der Waals surface area contributed by atoms with Crippen LogP contribution in [-0.4, -0.2) is 28.0 Å². The van der Waals surface area contributed by atoms with Gasteiger partial charge in [-0.05, 0) is 0 Å². The molecule has 0 aromatic heterocycles. The van der Waals surface area contributed by atoms with Crippen molar-refractivity contribution in [2.45, 2.75) is 19.8 Å². The van der Waals surface area contributed by atoms with Crippen molar-refractivity contribution in [1.29, 1.82) is 0 Å². The fourth-order valence-electron chi connectivity index (χ4n) is 0.565. The Kier molecular flexibility index (Phi) is 4.81. The van der Waals surface area contributed by atoms with E-state index in [1.165, 1.54) is 0 Å². The van der Waals surface area contributed by atoms with Crippen molar-refractivity contribution in [2.24, 2.45) is 0 Å². The monoisotopic (exact) mass is 179 g/mol. The first-order chi connectivity index (χ1) is 5.13. The third-order valence-electron chi connectivity index (χ3n) is 1.03. The third kappa shape index (κ3) is 3.34. The molecule has 1 saturated heterocycles. The van der Waals surface area contributed by atoms with Crippen molar-refractivity contribution in [1.82, 2.24) is 5.06 Å². The molecule has 1 aliphatic heterocycles. The summed E-state index contributed by atoms with van der Waals surface area (Å²) < 4.78 is 0. The second kappa shape index (κ2) is 5.09. The van der Waals surface area contributed by atoms with E-state index in [-0.39, 0.29) is 17.9 Å². The number of hydroxylamine groups is 2. The van der Waals surface area contributed by atoms with Gasteiger partial charge in [0, 0.05) is 18.7 Å². The number of carbonyl (C=O) groups excluding carboxylic acids is 2. The molecule has 0 radical (unpaired) electrons. The van der Waals surface area contributed by atoms with Gasteiger partial charge in [-0.1, -0.05) is 6.92 Å². The molecule has 0 aromatic rings. The van der Waals surface area contributed by atoms with E-state index in [9.17, 15) is 9.59 Å². The number of alkyl halides is 1. The lowest BCUT2D eigenvalue weighted by Crippen LogP contribution is -2.24. The van der Waals surface area contributed by atoms with E-state index < -0.39 is 11.8 Å². The maximum Gasteiger partial charge on any atom is 0.253 e. The average Bonchev–Trinajstić information content (AvgIpc) is 2.22. The number of halogens is 1. The number of carbonyl (C=O) groups is 2. The quantitative estimate of drug-likeness (QED) is 0.340. The molecule has 64 valence electrons. The summed E-state index contributed by atoms with van der Waals surface area (Å²) in [6.07, 6.45) is 0.296. The predicted molar refractivity (Wildman–Crippen MR) is 39.3 cm³/mol. The maximum atomic E-state index is 10.2. The van der Waals surface area contributed by atoms with Crippen LogP contribution in [0.4, 0.5) is 0 Å². The van der Waals surface area contributed by atoms with E-state index in [1.807, 2.05) is 6.92 Å². The van der Waals surface area contributed by atoms with Crippen LogP contribution in [0.25, 0.3) is 0 Å². The molecule has 1 fully saturated rings. The van der Waals surface area contributed by atoms with Crippen LogP contribution in [0.3, 0.4) is 0 Å². The maximum absolute atomic E-state index is 10.2. The van der Waals surface area contributed by atoms with Crippen molar-refractivity contribution in [3.63, 3.8) is 0 Å². The average molecular weight is 180 g/mol. The van der Waals surface area contributed by atoms with Crippen LogP contribution < -0.4 is 0 Å². The summed E-state index contributed by atoms with van der Waals surface area (Å²) in [5.74, 6) is -0.287. The van der Waals surface area contributed by atoms with Gasteiger partial charge in [0.05, 0.1) is 0 Å². The van der Waals surface area contributed by atoms with Gasteiger partial charge in [-0.25, -0.2) is 0 Å². The van der Waals surface area contributed by atoms with Crippen molar-refractivity contribution < 1.29 is 14.8 Å². The van der Waals surface area contributed by atoms with Crippen LogP contribution in [0.1, 0.15) is 19.8 Å². The second-order valence-corrected chi connectivity index (χ2v) is 2.40. The van der Waals surface area contributed by atoms with Gasteiger partial charge in [-0.3, -0.25) is 14.8 Å². The van der Waals surface area contributed by atoms with Crippen molar-refractivity contribution in [2.75, 3.05) is 5.88 Å². The molecule has 1 rings (SSSR count). The zero-order valence-corrected chi connectivity index (χ0v) is 6.97. The summed E-state index contributed by atoms with van der Waals surface area (Å²) in [6.45, 7) is 1.89. The Morgan fingerprint density at radius 2 is 1.73 bits per heavy atom. The summed E-state index contributed by atoms with van der Waals surface area (Å²) in [5.41, 5.74) is 0. The van der Waals surface area contributed by atoms with E-state index >= 15 is 0 Å². The Balaban J connectivity index is 0.000000292. The summed E-state index contributed by atoms with van der Waals surface area (Å²) in [4.78, 5) is 20.5. The summed E-state index contributed by atoms with van der Waals surface area (Å²) in [7, 11) is 0. The van der Waals surface area contributed by atoms with Gasteiger partial charge >= 0.3 is 0 Å². The highest BCUT2D eigenvalue weighted by Gasteiger charge is 2.26. The molecule has 0 unspecified atom stereocenters. The van der Waals surface area contributed by atoms with Gasteiger partial charge in [-0.2, -0.15) is 5.06 Å². The van der Waals surface area contributed by atoms with Gasteiger partial charge in [0.1, 0.15) is 0 Å².